The SMILES string of the molecule is CCc1c(F)ccc2cccc(-c3ncc4c(N5CCN(C(=O)/C=C/CN6[C@@H]7CC[C@H]6COC7)[C@@H](CC#N)C5)nc(OC[C@@]56CCCN5C[C@H](F)C6)nc4c3F)c12. The van der Waals surface area contributed by atoms with Crippen LogP contribution in [0.1, 0.15) is 51.0 Å². The number of ether oxygens (including phenoxy) is 2. The Labute approximate surface area is 330 Å². The number of nitriles is 1. The second kappa shape index (κ2) is 15.5. The minimum atomic E-state index is -0.952. The first-order valence-corrected chi connectivity index (χ1v) is 20.3. The minimum absolute atomic E-state index is 0.0163. The number of carbonyl (C=O) groups excluding carboxylic acids is 1. The standard InChI is InChI=1S/C43H47F3N8O3/c1-2-32-35(45)12-9-27-6-3-7-33(37(27)32)39-38(46)40-34(21-48-39)41(50-42(49-40)57-26-43-14-5-16-52(43)22-28(44)20-43)51-18-19-54(29(23-51)13-15-47)36(55)8-4-17-53-30-10-11-31(53)25-56-24-30/h3-4,6-9,12,21,28-31H,2,5,10-11,13-14,16-20,22-26H2,1H3/b8-4+/t28-,29+,30-,31+,43+/m1/s1. The molecular weight excluding hydrogens is 734 g/mol. The van der Waals surface area contributed by atoms with E-state index in [-0.39, 0.29) is 48.5 Å². The zero-order valence-corrected chi connectivity index (χ0v) is 32.2. The van der Waals surface area contributed by atoms with Crippen molar-refractivity contribution in [2.75, 3.05) is 64.0 Å². The van der Waals surface area contributed by atoms with Crippen molar-refractivity contribution in [1.82, 2.24) is 29.7 Å². The number of fused-ring (bicyclic) bond motifs is 5. The van der Waals surface area contributed by atoms with Gasteiger partial charge >= 0.3 is 6.01 Å². The van der Waals surface area contributed by atoms with E-state index in [9.17, 15) is 14.4 Å². The maximum atomic E-state index is 17.1. The first-order valence-electron chi connectivity index (χ1n) is 20.3. The van der Waals surface area contributed by atoms with Crippen LogP contribution in [0.2, 0.25) is 0 Å². The molecule has 2 bridgehead atoms. The summed E-state index contributed by atoms with van der Waals surface area (Å²) in [4.78, 5) is 35.9. The number of alkyl halides is 1. The predicted molar refractivity (Wildman–Crippen MR) is 210 cm³/mol. The van der Waals surface area contributed by atoms with Gasteiger partial charge in [-0.05, 0) is 61.1 Å². The van der Waals surface area contributed by atoms with E-state index in [0.29, 0.717) is 78.8 Å². The number of aromatic nitrogens is 3. The van der Waals surface area contributed by atoms with Gasteiger partial charge in [0.05, 0.1) is 42.7 Å². The molecule has 4 aromatic rings. The van der Waals surface area contributed by atoms with Crippen LogP contribution >= 0.6 is 0 Å². The molecule has 0 unspecified atom stereocenters. The van der Waals surface area contributed by atoms with Crippen LogP contribution in [0.15, 0.2) is 48.7 Å². The molecule has 14 heteroatoms. The van der Waals surface area contributed by atoms with Crippen LogP contribution < -0.4 is 9.64 Å². The Bertz CT molecular complexity index is 2250. The highest BCUT2D eigenvalue weighted by Gasteiger charge is 2.49. The second-order valence-electron chi connectivity index (χ2n) is 16.2. The van der Waals surface area contributed by atoms with Gasteiger partial charge in [-0.1, -0.05) is 37.3 Å². The van der Waals surface area contributed by atoms with E-state index in [0.717, 1.165) is 50.8 Å². The van der Waals surface area contributed by atoms with Gasteiger partial charge in [-0.15, -0.1) is 0 Å². The summed E-state index contributed by atoms with van der Waals surface area (Å²) in [6, 6.07) is 11.0. The molecule has 5 atom stereocenters. The zero-order chi connectivity index (χ0) is 39.3. The number of hydrogen-bond acceptors (Lipinski definition) is 10. The third kappa shape index (κ3) is 6.87. The maximum Gasteiger partial charge on any atom is 0.319 e. The molecule has 2 aromatic heterocycles. The smallest absolute Gasteiger partial charge is 0.319 e. The molecule has 57 heavy (non-hydrogen) atoms. The number of anilines is 1. The number of rotatable bonds is 10. The molecule has 0 N–H and O–H groups in total. The second-order valence-corrected chi connectivity index (χ2v) is 16.2. The van der Waals surface area contributed by atoms with Crippen LogP contribution in [-0.2, 0) is 16.0 Å². The molecule has 0 radical (unpaired) electrons. The van der Waals surface area contributed by atoms with E-state index < -0.39 is 23.6 Å². The van der Waals surface area contributed by atoms with Crippen LogP contribution in [0.5, 0.6) is 6.01 Å². The number of benzene rings is 2. The van der Waals surface area contributed by atoms with Gasteiger partial charge in [-0.3, -0.25) is 19.6 Å². The quantitative estimate of drug-likeness (QED) is 0.178. The number of pyridine rings is 1. The maximum absolute atomic E-state index is 17.1. The highest BCUT2D eigenvalue weighted by atomic mass is 19.1. The number of halogens is 3. The highest BCUT2D eigenvalue weighted by molar-refractivity contribution is 6.01. The summed E-state index contributed by atoms with van der Waals surface area (Å²) in [5.41, 5.74) is 0.440. The summed E-state index contributed by atoms with van der Waals surface area (Å²) in [7, 11) is 0. The molecule has 5 aliphatic rings. The van der Waals surface area contributed by atoms with Crippen molar-refractivity contribution in [1.29, 1.82) is 5.26 Å². The van der Waals surface area contributed by atoms with Gasteiger partial charge in [0.15, 0.2) is 5.82 Å². The Balaban J connectivity index is 1.05. The summed E-state index contributed by atoms with van der Waals surface area (Å²) in [6.45, 7) is 6.19. The topological polar surface area (TPSA) is 111 Å². The number of aryl methyl sites for hydroxylation is 1. The normalized spacial score (nSPS) is 26.5. The van der Waals surface area contributed by atoms with E-state index in [1.165, 1.54) is 12.3 Å². The lowest BCUT2D eigenvalue weighted by molar-refractivity contribution is -0.128. The number of piperazine rings is 1. The van der Waals surface area contributed by atoms with Crippen LogP contribution in [-0.4, -0.2) is 124 Å². The number of amides is 1. The molecule has 0 aliphatic carbocycles. The third-order valence-corrected chi connectivity index (χ3v) is 12.9. The monoisotopic (exact) mass is 780 g/mol. The fourth-order valence-electron chi connectivity index (χ4n) is 10.1. The lowest BCUT2D eigenvalue weighted by Gasteiger charge is -2.41. The van der Waals surface area contributed by atoms with E-state index in [1.54, 1.807) is 29.2 Å². The molecular formula is C43H47F3N8O3. The Hall–Kier alpha value is -4.84. The van der Waals surface area contributed by atoms with Crippen molar-refractivity contribution in [2.45, 2.75) is 81.7 Å². The highest BCUT2D eigenvalue weighted by Crippen LogP contribution is 2.41. The predicted octanol–water partition coefficient (Wildman–Crippen LogP) is 5.99. The first-order chi connectivity index (χ1) is 27.8. The van der Waals surface area contributed by atoms with Gasteiger partial charge < -0.3 is 19.3 Å². The summed E-state index contributed by atoms with van der Waals surface area (Å²) < 4.78 is 58.9. The Morgan fingerprint density at radius 1 is 1.11 bits per heavy atom. The molecule has 0 spiro atoms. The molecule has 9 rings (SSSR count). The Morgan fingerprint density at radius 2 is 1.95 bits per heavy atom. The Kier molecular flexibility index (Phi) is 10.3. The number of hydrogen-bond donors (Lipinski definition) is 0. The van der Waals surface area contributed by atoms with E-state index >= 15 is 8.78 Å². The minimum Gasteiger partial charge on any atom is -0.461 e. The first kappa shape index (κ1) is 37.7. The molecule has 11 nitrogen and oxygen atoms in total. The van der Waals surface area contributed by atoms with Crippen molar-refractivity contribution >= 4 is 33.4 Å². The van der Waals surface area contributed by atoms with E-state index in [1.807, 2.05) is 24.0 Å². The van der Waals surface area contributed by atoms with E-state index in [4.69, 9.17) is 14.5 Å². The largest absolute Gasteiger partial charge is 0.461 e. The van der Waals surface area contributed by atoms with Crippen LogP contribution in [0.3, 0.4) is 0 Å². The molecule has 298 valence electrons. The van der Waals surface area contributed by atoms with Gasteiger partial charge in [0.1, 0.15) is 35.6 Å². The average molecular weight is 781 g/mol. The molecule has 5 saturated heterocycles. The molecule has 2 aromatic carbocycles. The van der Waals surface area contributed by atoms with Crippen LogP contribution in [0, 0.1) is 23.0 Å². The van der Waals surface area contributed by atoms with Crippen molar-refractivity contribution in [2.24, 2.45) is 0 Å². The summed E-state index contributed by atoms with van der Waals surface area (Å²) in [6.07, 6.45) is 8.87. The van der Waals surface area contributed by atoms with Crippen molar-refractivity contribution < 1.29 is 27.4 Å². The molecule has 5 aliphatic heterocycles. The third-order valence-electron chi connectivity index (χ3n) is 12.9. The molecule has 5 fully saturated rings. The van der Waals surface area contributed by atoms with Crippen molar-refractivity contribution in [3.8, 4) is 23.3 Å². The van der Waals surface area contributed by atoms with Gasteiger partial charge in [-0.25, -0.2) is 13.2 Å². The molecule has 0 saturated carbocycles. The van der Waals surface area contributed by atoms with Crippen LogP contribution in [0.25, 0.3) is 32.9 Å². The average Bonchev–Trinajstić information content (AvgIpc) is 3.81. The van der Waals surface area contributed by atoms with Gasteiger partial charge in [0.25, 0.3) is 0 Å². The lowest BCUT2D eigenvalue weighted by atomic mass is 9.95. The zero-order valence-electron chi connectivity index (χ0n) is 32.2. The lowest BCUT2D eigenvalue weighted by Crippen LogP contribution is -2.55. The fourth-order valence-corrected chi connectivity index (χ4v) is 10.1. The summed E-state index contributed by atoms with van der Waals surface area (Å²) >= 11 is 0. The number of carbonyl (C=O) groups is 1. The van der Waals surface area contributed by atoms with Gasteiger partial charge in [0, 0.05) is 69.1 Å². The van der Waals surface area contributed by atoms with Crippen molar-refractivity contribution in [3.05, 3.63) is 65.9 Å². The molecule has 1 amide bonds. The summed E-state index contributed by atoms with van der Waals surface area (Å²) in [5, 5.41) is 11.6. The fraction of sp³-hybridized carbons (Fsp3) is 0.512. The summed E-state index contributed by atoms with van der Waals surface area (Å²) in [5.74, 6) is -0.863. The number of nitrogens with zero attached hydrogens (tertiary/aromatic N) is 8. The van der Waals surface area contributed by atoms with Gasteiger partial charge in [-0.2, -0.15) is 15.2 Å². The Morgan fingerprint density at radius 3 is 2.75 bits per heavy atom. The van der Waals surface area contributed by atoms with Crippen LogP contribution in [0.4, 0.5) is 19.0 Å². The number of morpholine rings is 1. The molecule has 7 heterocycles. The van der Waals surface area contributed by atoms with Gasteiger partial charge in [0.2, 0.25) is 5.91 Å². The van der Waals surface area contributed by atoms with Crippen molar-refractivity contribution in [3.63, 3.8) is 0 Å². The van der Waals surface area contributed by atoms with E-state index in [2.05, 4.69) is 25.8 Å².